The third-order valence-electron chi connectivity index (χ3n) is 3.10. The Kier molecular flexibility index (Phi) is 6.99. The zero-order valence-electron chi connectivity index (χ0n) is 14.0. The number of nitrogens with one attached hydrogen (secondary N) is 2. The highest BCUT2D eigenvalue weighted by Gasteiger charge is 2.28. The molecule has 0 atom stereocenters. The summed E-state index contributed by atoms with van der Waals surface area (Å²) in [5, 5.41) is 11.9. The second-order valence-corrected chi connectivity index (χ2v) is 6.15. The number of thioether (sulfide) groups is 1. The van der Waals surface area contributed by atoms with Crippen LogP contribution in [0.3, 0.4) is 0 Å². The first kappa shape index (κ1) is 20.5. The second-order valence-electron chi connectivity index (χ2n) is 5.21. The number of alkyl halides is 3. The molecule has 2 N–H and O–H groups in total. The van der Waals surface area contributed by atoms with Crippen molar-refractivity contribution in [2.24, 2.45) is 0 Å². The number of nitrogens with zero attached hydrogens (tertiary/aromatic N) is 3. The summed E-state index contributed by atoms with van der Waals surface area (Å²) in [5.74, 6) is -0.390. The van der Waals surface area contributed by atoms with Crippen molar-refractivity contribution in [3.8, 4) is 11.4 Å². The number of rotatable bonds is 7. The van der Waals surface area contributed by atoms with Crippen LogP contribution in [0.4, 0.5) is 18.0 Å². The summed E-state index contributed by atoms with van der Waals surface area (Å²) in [7, 11) is 0. The number of benzene rings is 1. The van der Waals surface area contributed by atoms with Crippen LogP contribution in [0.1, 0.15) is 0 Å². The SMILES string of the molecule is C=CCn1c(SCC(=O)NC(=O)NCC(F)(F)F)nnc1-c1ccccc1. The van der Waals surface area contributed by atoms with Crippen LogP contribution in [0.15, 0.2) is 48.1 Å². The standard InChI is InChI=1S/C16H16F3N5O2S/c1-2-8-24-13(11-6-4-3-5-7-11)22-23-15(24)27-9-12(25)21-14(26)20-10-16(17,18)19/h2-7H,1,8-10H2,(H2,20,21,25,26). The molecule has 0 fully saturated rings. The Hall–Kier alpha value is -2.82. The van der Waals surface area contributed by atoms with Gasteiger partial charge in [-0.25, -0.2) is 4.79 Å². The molecule has 2 aromatic rings. The maximum absolute atomic E-state index is 12.0. The average Bonchev–Trinajstić information content (AvgIpc) is 3.01. The molecule has 144 valence electrons. The average molecular weight is 399 g/mol. The van der Waals surface area contributed by atoms with E-state index in [1.807, 2.05) is 35.6 Å². The number of aromatic nitrogens is 3. The fraction of sp³-hybridized carbons (Fsp3) is 0.250. The third-order valence-corrected chi connectivity index (χ3v) is 4.06. The quantitative estimate of drug-likeness (QED) is 0.552. The summed E-state index contributed by atoms with van der Waals surface area (Å²) in [6, 6.07) is 8.06. The maximum Gasteiger partial charge on any atom is 0.405 e. The van der Waals surface area contributed by atoms with E-state index in [0.29, 0.717) is 17.5 Å². The smallest absolute Gasteiger partial charge is 0.329 e. The van der Waals surface area contributed by atoms with Gasteiger partial charge in [0.1, 0.15) is 6.54 Å². The minimum Gasteiger partial charge on any atom is -0.329 e. The maximum atomic E-state index is 12.0. The van der Waals surface area contributed by atoms with Gasteiger partial charge in [0.25, 0.3) is 0 Å². The number of urea groups is 1. The molecule has 0 unspecified atom stereocenters. The topological polar surface area (TPSA) is 88.9 Å². The lowest BCUT2D eigenvalue weighted by Gasteiger charge is -2.09. The molecule has 0 saturated heterocycles. The van der Waals surface area contributed by atoms with Crippen molar-refractivity contribution < 1.29 is 22.8 Å². The van der Waals surface area contributed by atoms with Crippen molar-refractivity contribution in [1.29, 1.82) is 0 Å². The van der Waals surface area contributed by atoms with E-state index in [-0.39, 0.29) is 5.75 Å². The van der Waals surface area contributed by atoms with Crippen LogP contribution in [0.25, 0.3) is 11.4 Å². The van der Waals surface area contributed by atoms with E-state index in [1.165, 1.54) is 0 Å². The van der Waals surface area contributed by atoms with Crippen LogP contribution >= 0.6 is 11.8 Å². The molecule has 0 aliphatic rings. The molecule has 2 rings (SSSR count). The number of carbonyl (C=O) groups excluding carboxylic acids is 2. The van der Waals surface area contributed by atoms with Crippen LogP contribution in [0, 0.1) is 0 Å². The van der Waals surface area contributed by atoms with E-state index >= 15 is 0 Å². The van der Waals surface area contributed by atoms with Gasteiger partial charge in [-0.1, -0.05) is 48.2 Å². The molecule has 7 nitrogen and oxygen atoms in total. The van der Waals surface area contributed by atoms with Gasteiger partial charge in [-0.2, -0.15) is 13.2 Å². The lowest BCUT2D eigenvalue weighted by atomic mass is 10.2. The normalized spacial score (nSPS) is 11.1. The molecule has 0 spiro atoms. The fourth-order valence-corrected chi connectivity index (χ4v) is 2.76. The van der Waals surface area contributed by atoms with Gasteiger partial charge in [0, 0.05) is 12.1 Å². The predicted molar refractivity (Wildman–Crippen MR) is 94.0 cm³/mol. The van der Waals surface area contributed by atoms with Crippen molar-refractivity contribution >= 4 is 23.7 Å². The number of allylic oxidation sites excluding steroid dienone is 1. The number of halogens is 3. The van der Waals surface area contributed by atoms with E-state index < -0.39 is 24.7 Å². The van der Waals surface area contributed by atoms with Gasteiger partial charge in [0.15, 0.2) is 11.0 Å². The monoisotopic (exact) mass is 399 g/mol. The molecule has 1 aromatic carbocycles. The van der Waals surface area contributed by atoms with Gasteiger partial charge in [-0.3, -0.25) is 14.7 Å². The van der Waals surface area contributed by atoms with Crippen molar-refractivity contribution in [2.45, 2.75) is 17.9 Å². The van der Waals surface area contributed by atoms with Crippen LogP contribution in [-0.4, -0.2) is 45.2 Å². The van der Waals surface area contributed by atoms with Gasteiger partial charge in [0.05, 0.1) is 5.75 Å². The molecule has 0 aliphatic heterocycles. The van der Waals surface area contributed by atoms with Crippen LogP contribution in [-0.2, 0) is 11.3 Å². The summed E-state index contributed by atoms with van der Waals surface area (Å²) in [4.78, 5) is 23.0. The first-order valence-electron chi connectivity index (χ1n) is 7.67. The van der Waals surface area contributed by atoms with Crippen molar-refractivity contribution in [1.82, 2.24) is 25.4 Å². The Bertz CT molecular complexity index is 808. The first-order valence-corrected chi connectivity index (χ1v) is 8.65. The van der Waals surface area contributed by atoms with Crippen LogP contribution < -0.4 is 10.6 Å². The Morgan fingerprint density at radius 3 is 2.56 bits per heavy atom. The van der Waals surface area contributed by atoms with Crippen LogP contribution in [0.5, 0.6) is 0 Å². The molecule has 11 heteroatoms. The Morgan fingerprint density at radius 2 is 1.93 bits per heavy atom. The van der Waals surface area contributed by atoms with Gasteiger partial charge >= 0.3 is 12.2 Å². The second kappa shape index (κ2) is 9.21. The Labute approximate surface area is 157 Å². The number of hydrogen-bond donors (Lipinski definition) is 2. The summed E-state index contributed by atoms with van der Waals surface area (Å²) >= 11 is 1.00. The molecule has 0 radical (unpaired) electrons. The number of hydrogen-bond acceptors (Lipinski definition) is 5. The van der Waals surface area contributed by atoms with Crippen LogP contribution in [0.2, 0.25) is 0 Å². The van der Waals surface area contributed by atoms with Crippen molar-refractivity contribution in [3.05, 3.63) is 43.0 Å². The first-order chi connectivity index (χ1) is 12.8. The molecular weight excluding hydrogens is 383 g/mol. The number of carbonyl (C=O) groups is 2. The van der Waals surface area contributed by atoms with E-state index in [0.717, 1.165) is 17.3 Å². The largest absolute Gasteiger partial charge is 0.405 e. The number of imide groups is 1. The zero-order valence-corrected chi connectivity index (χ0v) is 14.8. The lowest BCUT2D eigenvalue weighted by Crippen LogP contribution is -2.43. The van der Waals surface area contributed by atoms with Crippen molar-refractivity contribution in [2.75, 3.05) is 12.3 Å². The summed E-state index contributed by atoms with van der Waals surface area (Å²) in [5.41, 5.74) is 0.828. The predicted octanol–water partition coefficient (Wildman–Crippen LogP) is 2.61. The summed E-state index contributed by atoms with van der Waals surface area (Å²) in [6.07, 6.45) is -2.91. The Balaban J connectivity index is 1.97. The molecule has 0 bridgehead atoms. The lowest BCUT2D eigenvalue weighted by molar-refractivity contribution is -0.124. The number of amides is 3. The molecule has 1 heterocycles. The highest BCUT2D eigenvalue weighted by molar-refractivity contribution is 7.99. The van der Waals surface area contributed by atoms with E-state index in [2.05, 4.69) is 16.8 Å². The molecule has 1 aromatic heterocycles. The Morgan fingerprint density at radius 1 is 1.22 bits per heavy atom. The third kappa shape index (κ3) is 6.44. The summed E-state index contributed by atoms with van der Waals surface area (Å²) in [6.45, 7) is 2.55. The molecule has 0 aliphatic carbocycles. The minimum atomic E-state index is -4.55. The van der Waals surface area contributed by atoms with Crippen molar-refractivity contribution in [3.63, 3.8) is 0 Å². The minimum absolute atomic E-state index is 0.219. The van der Waals surface area contributed by atoms with E-state index in [1.54, 1.807) is 16.0 Å². The highest BCUT2D eigenvalue weighted by atomic mass is 32.2. The van der Waals surface area contributed by atoms with Gasteiger partial charge in [-0.05, 0) is 0 Å². The molecule has 27 heavy (non-hydrogen) atoms. The highest BCUT2D eigenvalue weighted by Crippen LogP contribution is 2.23. The van der Waals surface area contributed by atoms with E-state index in [4.69, 9.17) is 0 Å². The van der Waals surface area contributed by atoms with Gasteiger partial charge in [0.2, 0.25) is 5.91 Å². The summed E-state index contributed by atoms with van der Waals surface area (Å²) < 4.78 is 37.8. The molecule has 0 saturated carbocycles. The fourth-order valence-electron chi connectivity index (χ4n) is 2.01. The molecule has 3 amide bonds. The molecular formula is C16H16F3N5O2S. The van der Waals surface area contributed by atoms with Gasteiger partial charge < -0.3 is 5.32 Å². The van der Waals surface area contributed by atoms with Gasteiger partial charge in [-0.15, -0.1) is 16.8 Å². The van der Waals surface area contributed by atoms with E-state index in [9.17, 15) is 22.8 Å². The zero-order chi connectivity index (χ0) is 19.9.